The second-order valence-electron chi connectivity index (χ2n) is 7.98. The van der Waals surface area contributed by atoms with Crippen molar-refractivity contribution >= 4 is 17.7 Å². The molecular formula is C21H27FO6. The molecule has 0 saturated heterocycles. The molecule has 1 aliphatic rings. The summed E-state index contributed by atoms with van der Waals surface area (Å²) in [6.07, 6.45) is -1.10. The zero-order valence-electron chi connectivity index (χ0n) is 16.8. The number of aliphatic hydroxyl groups is 1. The van der Waals surface area contributed by atoms with Gasteiger partial charge in [-0.05, 0) is 58.7 Å². The lowest BCUT2D eigenvalue weighted by Gasteiger charge is -2.42. The highest BCUT2D eigenvalue weighted by molar-refractivity contribution is 6.06. The standard InChI is InChI=1S/C21H27FO6/c1-11(2)27-19(24)15-10-21(5,26)18(23)17(20(25)28-12(3)4)16(15)13-6-8-14(22)9-7-13/h6-9,11-12,15-17,26H,10H2,1-5H3/t15-,16+,17+,21+/m1/s1. The van der Waals surface area contributed by atoms with E-state index >= 15 is 0 Å². The maximum absolute atomic E-state index is 13.4. The van der Waals surface area contributed by atoms with Gasteiger partial charge < -0.3 is 14.6 Å². The van der Waals surface area contributed by atoms with Crippen molar-refractivity contribution in [3.63, 3.8) is 0 Å². The van der Waals surface area contributed by atoms with Crippen molar-refractivity contribution in [1.82, 2.24) is 0 Å². The number of Topliss-reactive ketones (excluding diaryl/α,β-unsaturated/α-hetero) is 1. The average Bonchev–Trinajstić information content (AvgIpc) is 2.56. The minimum atomic E-state index is -1.89. The van der Waals surface area contributed by atoms with E-state index in [-0.39, 0.29) is 6.42 Å². The van der Waals surface area contributed by atoms with Crippen molar-refractivity contribution in [3.8, 4) is 0 Å². The van der Waals surface area contributed by atoms with Gasteiger partial charge in [0.05, 0.1) is 18.1 Å². The third kappa shape index (κ3) is 4.76. The summed E-state index contributed by atoms with van der Waals surface area (Å²) in [6.45, 7) is 7.92. The molecule has 4 atom stereocenters. The maximum atomic E-state index is 13.4. The summed E-state index contributed by atoms with van der Waals surface area (Å²) in [6, 6.07) is 5.25. The summed E-state index contributed by atoms with van der Waals surface area (Å²) < 4.78 is 24.0. The zero-order chi connectivity index (χ0) is 21.2. The Labute approximate surface area is 164 Å². The van der Waals surface area contributed by atoms with Crippen LogP contribution in [0.15, 0.2) is 24.3 Å². The molecule has 7 heteroatoms. The normalized spacial score (nSPS) is 27.8. The van der Waals surface area contributed by atoms with Crippen molar-refractivity contribution in [3.05, 3.63) is 35.6 Å². The monoisotopic (exact) mass is 394 g/mol. The molecule has 1 aromatic carbocycles. The van der Waals surface area contributed by atoms with Crippen LogP contribution in [0, 0.1) is 17.7 Å². The lowest BCUT2D eigenvalue weighted by Crippen LogP contribution is -2.55. The molecule has 154 valence electrons. The van der Waals surface area contributed by atoms with Gasteiger partial charge in [-0.15, -0.1) is 0 Å². The largest absolute Gasteiger partial charge is 0.463 e. The van der Waals surface area contributed by atoms with Crippen LogP contribution in [0.1, 0.15) is 52.5 Å². The molecule has 1 aromatic rings. The van der Waals surface area contributed by atoms with Crippen LogP contribution in [0.25, 0.3) is 0 Å². The first-order valence-electron chi connectivity index (χ1n) is 9.37. The molecule has 1 aliphatic carbocycles. The van der Waals surface area contributed by atoms with Crippen LogP contribution in [0.3, 0.4) is 0 Å². The summed E-state index contributed by atoms with van der Waals surface area (Å²) in [5, 5.41) is 10.6. The summed E-state index contributed by atoms with van der Waals surface area (Å²) in [5.74, 6) is -5.95. The summed E-state index contributed by atoms with van der Waals surface area (Å²) >= 11 is 0. The Morgan fingerprint density at radius 2 is 1.57 bits per heavy atom. The number of hydrogen-bond acceptors (Lipinski definition) is 6. The fourth-order valence-corrected chi connectivity index (χ4v) is 3.60. The second-order valence-corrected chi connectivity index (χ2v) is 7.98. The molecule has 0 aliphatic heterocycles. The minimum Gasteiger partial charge on any atom is -0.463 e. The van der Waals surface area contributed by atoms with Crippen LogP contribution in [-0.4, -0.2) is 40.6 Å². The zero-order valence-corrected chi connectivity index (χ0v) is 16.8. The van der Waals surface area contributed by atoms with Gasteiger partial charge in [0.1, 0.15) is 17.3 Å². The first kappa shape index (κ1) is 22.0. The number of halogens is 1. The summed E-state index contributed by atoms with van der Waals surface area (Å²) in [7, 11) is 0. The molecule has 28 heavy (non-hydrogen) atoms. The fraction of sp³-hybridized carbons (Fsp3) is 0.571. The topological polar surface area (TPSA) is 89.9 Å². The predicted molar refractivity (Wildman–Crippen MR) is 98.8 cm³/mol. The van der Waals surface area contributed by atoms with E-state index in [4.69, 9.17) is 9.47 Å². The molecule has 1 saturated carbocycles. The molecule has 2 rings (SSSR count). The molecule has 0 aromatic heterocycles. The van der Waals surface area contributed by atoms with E-state index in [2.05, 4.69) is 0 Å². The van der Waals surface area contributed by atoms with E-state index in [0.717, 1.165) is 0 Å². The molecule has 0 heterocycles. The number of hydrogen-bond donors (Lipinski definition) is 1. The van der Waals surface area contributed by atoms with E-state index < -0.39 is 59.1 Å². The Hall–Kier alpha value is -2.28. The molecule has 0 spiro atoms. The summed E-state index contributed by atoms with van der Waals surface area (Å²) in [5.41, 5.74) is -1.46. The van der Waals surface area contributed by atoms with E-state index in [9.17, 15) is 23.9 Å². The molecule has 1 fully saturated rings. The Bertz CT molecular complexity index is 738. The van der Waals surface area contributed by atoms with Crippen molar-refractivity contribution in [2.24, 2.45) is 11.8 Å². The highest BCUT2D eigenvalue weighted by Crippen LogP contribution is 2.45. The number of carbonyl (C=O) groups excluding carboxylic acids is 3. The third-order valence-electron chi connectivity index (χ3n) is 4.74. The Morgan fingerprint density at radius 3 is 2.07 bits per heavy atom. The number of esters is 2. The van der Waals surface area contributed by atoms with Crippen LogP contribution in [0.4, 0.5) is 4.39 Å². The van der Waals surface area contributed by atoms with Gasteiger partial charge >= 0.3 is 11.9 Å². The number of carbonyl (C=O) groups is 3. The lowest BCUT2D eigenvalue weighted by atomic mass is 9.63. The van der Waals surface area contributed by atoms with Gasteiger partial charge in [-0.1, -0.05) is 12.1 Å². The fourth-order valence-electron chi connectivity index (χ4n) is 3.60. The second kappa shape index (κ2) is 8.39. The Morgan fingerprint density at radius 1 is 1.07 bits per heavy atom. The number of ketones is 1. The summed E-state index contributed by atoms with van der Waals surface area (Å²) in [4.78, 5) is 38.5. The highest BCUT2D eigenvalue weighted by Gasteiger charge is 2.56. The van der Waals surface area contributed by atoms with Gasteiger partial charge in [-0.2, -0.15) is 0 Å². The van der Waals surface area contributed by atoms with Crippen molar-refractivity contribution in [1.29, 1.82) is 0 Å². The number of benzene rings is 1. The van der Waals surface area contributed by atoms with Gasteiger partial charge in [0.25, 0.3) is 0 Å². The maximum Gasteiger partial charge on any atom is 0.317 e. The van der Waals surface area contributed by atoms with E-state index in [1.807, 2.05) is 0 Å². The minimum absolute atomic E-state index is 0.203. The smallest absolute Gasteiger partial charge is 0.317 e. The van der Waals surface area contributed by atoms with Crippen molar-refractivity contribution < 1.29 is 33.4 Å². The average molecular weight is 394 g/mol. The van der Waals surface area contributed by atoms with Gasteiger partial charge in [0.15, 0.2) is 5.78 Å². The van der Waals surface area contributed by atoms with E-state index in [1.54, 1.807) is 27.7 Å². The van der Waals surface area contributed by atoms with Crippen LogP contribution < -0.4 is 0 Å². The Balaban J connectivity index is 2.57. The van der Waals surface area contributed by atoms with Gasteiger partial charge in [0, 0.05) is 5.92 Å². The molecule has 6 nitrogen and oxygen atoms in total. The highest BCUT2D eigenvalue weighted by atomic mass is 19.1. The van der Waals surface area contributed by atoms with Crippen LogP contribution in [-0.2, 0) is 23.9 Å². The molecule has 1 N–H and O–H groups in total. The first-order valence-corrected chi connectivity index (χ1v) is 9.37. The number of ether oxygens (including phenoxy) is 2. The Kier molecular flexibility index (Phi) is 6.59. The van der Waals surface area contributed by atoms with Crippen molar-refractivity contribution in [2.45, 2.75) is 64.8 Å². The molecule has 0 radical (unpaired) electrons. The van der Waals surface area contributed by atoms with Crippen LogP contribution >= 0.6 is 0 Å². The first-order chi connectivity index (χ1) is 12.9. The molecular weight excluding hydrogens is 367 g/mol. The van der Waals surface area contributed by atoms with Gasteiger partial charge in [-0.3, -0.25) is 14.4 Å². The quantitative estimate of drug-likeness (QED) is 0.610. The third-order valence-corrected chi connectivity index (χ3v) is 4.74. The van der Waals surface area contributed by atoms with Gasteiger partial charge in [-0.25, -0.2) is 4.39 Å². The van der Waals surface area contributed by atoms with Gasteiger partial charge in [0.2, 0.25) is 0 Å². The molecule has 0 amide bonds. The number of rotatable bonds is 5. The lowest BCUT2D eigenvalue weighted by molar-refractivity contribution is -0.173. The van der Waals surface area contributed by atoms with Crippen LogP contribution in [0.2, 0.25) is 0 Å². The van der Waals surface area contributed by atoms with Crippen LogP contribution in [0.5, 0.6) is 0 Å². The van der Waals surface area contributed by atoms with Crippen molar-refractivity contribution in [2.75, 3.05) is 0 Å². The predicted octanol–water partition coefficient (Wildman–Crippen LogP) is 2.77. The SMILES string of the molecule is CC(C)OC(=O)[C@@H]1C(=O)[C@@](C)(O)C[C@@H](C(=O)OC(C)C)[C@@H]1c1ccc(F)cc1. The molecule has 0 unspecified atom stereocenters. The van der Waals surface area contributed by atoms with E-state index in [1.165, 1.54) is 31.2 Å². The van der Waals surface area contributed by atoms with E-state index in [0.29, 0.717) is 5.56 Å². The molecule has 0 bridgehead atoms.